The predicted molar refractivity (Wildman–Crippen MR) is 80.3 cm³/mol. The van der Waals surface area contributed by atoms with Crippen LogP contribution in [0.1, 0.15) is 29.6 Å². The molecule has 4 nitrogen and oxygen atoms in total. The maximum atomic E-state index is 12.4. The second-order valence-corrected chi connectivity index (χ2v) is 5.72. The van der Waals surface area contributed by atoms with Crippen molar-refractivity contribution in [1.29, 1.82) is 0 Å². The third-order valence-electron chi connectivity index (χ3n) is 4.06. The van der Waals surface area contributed by atoms with Crippen molar-refractivity contribution in [2.24, 2.45) is 0 Å². The van der Waals surface area contributed by atoms with E-state index >= 15 is 0 Å². The molecule has 1 amide bonds. The summed E-state index contributed by atoms with van der Waals surface area (Å²) in [6, 6.07) is 6.28. The molecule has 0 spiro atoms. The lowest BCUT2D eigenvalue weighted by Gasteiger charge is -2.35. The first kappa shape index (κ1) is 16.7. The Labute approximate surface area is 129 Å². The van der Waals surface area contributed by atoms with E-state index in [1.807, 2.05) is 0 Å². The highest BCUT2D eigenvalue weighted by Crippen LogP contribution is 2.19. The highest BCUT2D eigenvalue weighted by Gasteiger charge is 2.23. The van der Waals surface area contributed by atoms with Crippen LogP contribution < -0.4 is 4.74 Å². The molecule has 0 aromatic heterocycles. The van der Waals surface area contributed by atoms with Crippen LogP contribution in [0.5, 0.6) is 5.75 Å². The molecule has 1 saturated heterocycles. The molecule has 0 radical (unpaired) electrons. The molecule has 122 valence electrons. The summed E-state index contributed by atoms with van der Waals surface area (Å²) < 4.78 is 28.8. The molecule has 0 N–H and O–H groups in total. The maximum Gasteiger partial charge on any atom is 0.387 e. The summed E-state index contributed by atoms with van der Waals surface area (Å²) in [6.45, 7) is -1.21. The molecule has 2 rings (SSSR count). The van der Waals surface area contributed by atoms with Gasteiger partial charge in [0, 0.05) is 25.2 Å². The van der Waals surface area contributed by atoms with Crippen molar-refractivity contribution in [3.63, 3.8) is 0 Å². The Kier molecular flexibility index (Phi) is 5.71. The molecule has 1 aliphatic rings. The summed E-state index contributed by atoms with van der Waals surface area (Å²) in [5, 5.41) is 0. The zero-order chi connectivity index (χ0) is 16.1. The number of nitrogens with zero attached hydrogens (tertiary/aromatic N) is 2. The van der Waals surface area contributed by atoms with E-state index in [1.54, 1.807) is 24.1 Å². The average molecular weight is 312 g/mol. The van der Waals surface area contributed by atoms with Crippen molar-refractivity contribution >= 4 is 5.91 Å². The van der Waals surface area contributed by atoms with Crippen molar-refractivity contribution in [2.75, 3.05) is 27.2 Å². The largest absolute Gasteiger partial charge is 0.435 e. The molecule has 1 atom stereocenters. The minimum atomic E-state index is -2.89. The van der Waals surface area contributed by atoms with Crippen molar-refractivity contribution < 1.29 is 18.3 Å². The third-order valence-corrected chi connectivity index (χ3v) is 4.06. The van der Waals surface area contributed by atoms with E-state index in [1.165, 1.54) is 25.0 Å². The fourth-order valence-corrected chi connectivity index (χ4v) is 2.80. The highest BCUT2D eigenvalue weighted by atomic mass is 19.3. The summed E-state index contributed by atoms with van der Waals surface area (Å²) in [7, 11) is 3.81. The molecule has 1 fully saturated rings. The van der Waals surface area contributed by atoms with E-state index in [-0.39, 0.29) is 11.7 Å². The number of ether oxygens (including phenoxy) is 1. The summed E-state index contributed by atoms with van der Waals surface area (Å²) in [6.07, 6.45) is 3.44. The Morgan fingerprint density at radius 2 is 2.23 bits per heavy atom. The van der Waals surface area contributed by atoms with Gasteiger partial charge in [-0.25, -0.2) is 0 Å². The number of hydrogen-bond donors (Lipinski definition) is 0. The van der Waals surface area contributed by atoms with Crippen molar-refractivity contribution in [3.8, 4) is 5.75 Å². The van der Waals surface area contributed by atoms with Crippen LogP contribution in [0, 0.1) is 0 Å². The first-order valence-corrected chi connectivity index (χ1v) is 7.48. The van der Waals surface area contributed by atoms with Gasteiger partial charge in [-0.05, 0) is 44.6 Å². The van der Waals surface area contributed by atoms with Gasteiger partial charge in [0.05, 0.1) is 0 Å². The maximum absolute atomic E-state index is 12.4. The molecule has 1 heterocycles. The number of carbonyl (C=O) groups excluding carboxylic acids is 1. The fourth-order valence-electron chi connectivity index (χ4n) is 2.80. The van der Waals surface area contributed by atoms with Gasteiger partial charge in [-0.2, -0.15) is 8.78 Å². The quantitative estimate of drug-likeness (QED) is 0.838. The zero-order valence-corrected chi connectivity index (χ0v) is 13.0. The number of hydrogen-bond acceptors (Lipinski definition) is 3. The number of halogens is 2. The van der Waals surface area contributed by atoms with Crippen molar-refractivity contribution in [1.82, 2.24) is 9.80 Å². The molecule has 1 aliphatic heterocycles. The average Bonchev–Trinajstić information content (AvgIpc) is 2.48. The van der Waals surface area contributed by atoms with Crippen LogP contribution in [0.3, 0.4) is 0 Å². The second kappa shape index (κ2) is 7.54. The van der Waals surface area contributed by atoms with Gasteiger partial charge < -0.3 is 14.5 Å². The molecular weight excluding hydrogens is 290 g/mol. The lowest BCUT2D eigenvalue weighted by molar-refractivity contribution is -0.0499. The summed E-state index contributed by atoms with van der Waals surface area (Å²) in [5.41, 5.74) is 0.360. The third kappa shape index (κ3) is 4.40. The molecule has 0 unspecified atom stereocenters. The molecule has 6 heteroatoms. The van der Waals surface area contributed by atoms with Crippen molar-refractivity contribution in [3.05, 3.63) is 29.8 Å². The van der Waals surface area contributed by atoms with Gasteiger partial charge >= 0.3 is 6.61 Å². The first-order chi connectivity index (χ1) is 10.5. The minimum absolute atomic E-state index is 0.00374. The van der Waals surface area contributed by atoms with Gasteiger partial charge in [-0.1, -0.05) is 12.5 Å². The van der Waals surface area contributed by atoms with Gasteiger partial charge in [0.2, 0.25) is 0 Å². The number of likely N-dealkylation sites (tertiary alicyclic amines) is 1. The number of carbonyl (C=O) groups is 1. The second-order valence-electron chi connectivity index (χ2n) is 5.72. The minimum Gasteiger partial charge on any atom is -0.435 e. The van der Waals surface area contributed by atoms with Gasteiger partial charge in [0.15, 0.2) is 0 Å². The first-order valence-electron chi connectivity index (χ1n) is 7.48. The molecule has 1 aromatic carbocycles. The van der Waals surface area contributed by atoms with E-state index in [9.17, 15) is 13.6 Å². The Morgan fingerprint density at radius 3 is 2.91 bits per heavy atom. The van der Waals surface area contributed by atoms with E-state index in [0.717, 1.165) is 13.0 Å². The fraction of sp³-hybridized carbons (Fsp3) is 0.562. The van der Waals surface area contributed by atoms with Crippen LogP contribution in [-0.4, -0.2) is 55.5 Å². The van der Waals surface area contributed by atoms with Crippen LogP contribution >= 0.6 is 0 Å². The summed E-state index contributed by atoms with van der Waals surface area (Å²) >= 11 is 0. The Bertz CT molecular complexity index is 511. The Morgan fingerprint density at radius 1 is 1.45 bits per heavy atom. The number of piperidine rings is 1. The van der Waals surface area contributed by atoms with E-state index in [2.05, 4.69) is 16.7 Å². The van der Waals surface area contributed by atoms with Gasteiger partial charge in [-0.15, -0.1) is 0 Å². The van der Waals surface area contributed by atoms with E-state index in [4.69, 9.17) is 0 Å². The number of likely N-dealkylation sites (N-methyl/N-ethyl adjacent to an activating group) is 2. The number of benzene rings is 1. The molecule has 1 aromatic rings. The number of rotatable bonds is 5. The van der Waals surface area contributed by atoms with Crippen LogP contribution in [0.2, 0.25) is 0 Å². The molecule has 0 bridgehead atoms. The summed E-state index contributed by atoms with van der Waals surface area (Å²) in [5.74, 6) is -0.178. The van der Waals surface area contributed by atoms with Crippen molar-refractivity contribution in [2.45, 2.75) is 31.9 Å². The normalized spacial score (nSPS) is 19.2. The smallest absolute Gasteiger partial charge is 0.387 e. The van der Waals surface area contributed by atoms with Crippen LogP contribution in [0.4, 0.5) is 8.78 Å². The molecular formula is C16H22F2N2O2. The van der Waals surface area contributed by atoms with E-state index < -0.39 is 6.61 Å². The molecule has 22 heavy (non-hydrogen) atoms. The topological polar surface area (TPSA) is 32.8 Å². The van der Waals surface area contributed by atoms with E-state index in [0.29, 0.717) is 18.2 Å². The van der Waals surface area contributed by atoms with Crippen LogP contribution in [-0.2, 0) is 0 Å². The zero-order valence-electron chi connectivity index (χ0n) is 13.0. The number of alkyl halides is 2. The molecule has 0 saturated carbocycles. The highest BCUT2D eigenvalue weighted by molar-refractivity contribution is 5.94. The van der Waals surface area contributed by atoms with Crippen LogP contribution in [0.25, 0.3) is 0 Å². The monoisotopic (exact) mass is 312 g/mol. The standard InChI is InChI=1S/C16H22F2N2O2/c1-19-9-4-3-7-13(19)11-20(2)15(21)12-6-5-8-14(10-12)22-16(17)18/h5-6,8,10,13,16H,3-4,7,9,11H2,1-2H3/t13-/m1/s1. The van der Waals surface area contributed by atoms with Gasteiger partial charge in [0.25, 0.3) is 5.91 Å². The SMILES string of the molecule is CN(C[C@H]1CCCCN1C)C(=O)c1cccc(OC(F)F)c1. The number of amides is 1. The Balaban J connectivity index is 2.00. The summed E-state index contributed by atoms with van der Waals surface area (Å²) in [4.78, 5) is 16.3. The van der Waals surface area contributed by atoms with Gasteiger partial charge in [0.1, 0.15) is 5.75 Å². The predicted octanol–water partition coefficient (Wildman–Crippen LogP) is 2.84. The van der Waals surface area contributed by atoms with Crippen LogP contribution in [0.15, 0.2) is 24.3 Å². The lowest BCUT2D eigenvalue weighted by atomic mass is 10.0. The lowest BCUT2D eigenvalue weighted by Crippen LogP contribution is -2.45. The Hall–Kier alpha value is -1.69. The van der Waals surface area contributed by atoms with Gasteiger partial charge in [-0.3, -0.25) is 4.79 Å². The molecule has 0 aliphatic carbocycles.